The van der Waals surface area contributed by atoms with Crippen LogP contribution in [0.4, 0.5) is 0 Å². The summed E-state index contributed by atoms with van der Waals surface area (Å²) in [6.45, 7) is 9.41. The van der Waals surface area contributed by atoms with Crippen molar-refractivity contribution in [2.75, 3.05) is 39.6 Å². The molecule has 0 aromatic rings. The van der Waals surface area contributed by atoms with E-state index in [1.807, 2.05) is 0 Å². The SMILES string of the molecule is CCCCCCCCCCCCCCC(=O)O[C@H](COC(=O)CCCCCCCCCCC(C)C)COP(=O)(O)OC[C@@H](O)COP(=O)(O)OC[C@@H](COC(=O)CCCCCCCCCCCC)OC(=O)CCCCCCCCC(C)CC. The highest BCUT2D eigenvalue weighted by atomic mass is 31.2. The van der Waals surface area contributed by atoms with Crippen LogP contribution in [0.25, 0.3) is 0 Å². The molecule has 17 nitrogen and oxygen atoms in total. The van der Waals surface area contributed by atoms with E-state index in [-0.39, 0.29) is 25.7 Å². The van der Waals surface area contributed by atoms with Gasteiger partial charge in [-0.2, -0.15) is 0 Å². The molecule has 0 heterocycles. The molecule has 0 aromatic carbocycles. The average Bonchev–Trinajstić information content (AvgIpc) is 3.46. The lowest BCUT2D eigenvalue weighted by atomic mass is 10.00. The number of carbonyl (C=O) groups excluding carboxylic acids is 4. The van der Waals surface area contributed by atoms with Gasteiger partial charge in [0.05, 0.1) is 26.4 Å². The summed E-state index contributed by atoms with van der Waals surface area (Å²) < 4.78 is 68.0. The van der Waals surface area contributed by atoms with Crippen LogP contribution in [0.5, 0.6) is 0 Å². The molecule has 0 aromatic heterocycles. The van der Waals surface area contributed by atoms with Crippen molar-refractivity contribution in [2.24, 2.45) is 11.8 Å². The number of carbonyl (C=O) groups is 4. The van der Waals surface area contributed by atoms with Gasteiger partial charge in [-0.05, 0) is 37.5 Å². The highest BCUT2D eigenvalue weighted by Crippen LogP contribution is 2.45. The van der Waals surface area contributed by atoms with Crippen LogP contribution in [0.2, 0.25) is 0 Å². The second-order valence-corrected chi connectivity index (χ2v) is 26.8. The smallest absolute Gasteiger partial charge is 0.462 e. The molecular weight excluding hydrogens is 1100 g/mol. The lowest BCUT2D eigenvalue weighted by molar-refractivity contribution is -0.161. The zero-order valence-corrected chi connectivity index (χ0v) is 55.3. The summed E-state index contributed by atoms with van der Waals surface area (Å²) in [7, 11) is -9.89. The summed E-state index contributed by atoms with van der Waals surface area (Å²) in [6.07, 6.45) is 38.9. The van der Waals surface area contributed by atoms with Gasteiger partial charge in [0.2, 0.25) is 0 Å². The van der Waals surface area contributed by atoms with Gasteiger partial charge >= 0.3 is 39.5 Å². The zero-order valence-electron chi connectivity index (χ0n) is 53.5. The van der Waals surface area contributed by atoms with E-state index >= 15 is 0 Å². The largest absolute Gasteiger partial charge is 0.472 e. The van der Waals surface area contributed by atoms with Crippen LogP contribution in [0.15, 0.2) is 0 Å². The van der Waals surface area contributed by atoms with Crippen molar-refractivity contribution in [2.45, 2.75) is 336 Å². The van der Waals surface area contributed by atoms with Crippen LogP contribution in [0.1, 0.15) is 318 Å². The van der Waals surface area contributed by atoms with Crippen molar-refractivity contribution in [1.82, 2.24) is 0 Å². The molecule has 0 aliphatic rings. The van der Waals surface area contributed by atoms with Crippen LogP contribution in [-0.4, -0.2) is 96.7 Å². The summed E-state index contributed by atoms with van der Waals surface area (Å²) in [5, 5.41) is 10.5. The molecule has 0 amide bonds. The fourth-order valence-electron chi connectivity index (χ4n) is 9.50. The Balaban J connectivity index is 5.25. The van der Waals surface area contributed by atoms with Gasteiger partial charge in [-0.15, -0.1) is 0 Å². The number of phosphoric ester groups is 2. The minimum absolute atomic E-state index is 0.103. The van der Waals surface area contributed by atoms with Crippen molar-refractivity contribution in [3.8, 4) is 0 Å². The Morgan fingerprint density at radius 1 is 0.349 bits per heavy atom. The number of aliphatic hydroxyl groups is 1. The van der Waals surface area contributed by atoms with Crippen LogP contribution < -0.4 is 0 Å². The number of aliphatic hydroxyl groups excluding tert-OH is 1. The van der Waals surface area contributed by atoms with Crippen molar-refractivity contribution < 1.29 is 80.2 Å². The van der Waals surface area contributed by atoms with Crippen LogP contribution >= 0.6 is 15.6 Å². The van der Waals surface area contributed by atoms with Gasteiger partial charge in [0.25, 0.3) is 0 Å². The summed E-state index contributed by atoms with van der Waals surface area (Å²) in [4.78, 5) is 72.2. The average molecular weight is 1230 g/mol. The number of hydrogen-bond acceptors (Lipinski definition) is 15. The monoisotopic (exact) mass is 1230 g/mol. The van der Waals surface area contributed by atoms with E-state index in [0.717, 1.165) is 102 Å². The Kier molecular flexibility index (Phi) is 55.2. The van der Waals surface area contributed by atoms with Crippen LogP contribution in [0, 0.1) is 11.8 Å². The Bertz CT molecular complexity index is 1630. The Morgan fingerprint density at radius 3 is 0.916 bits per heavy atom. The van der Waals surface area contributed by atoms with E-state index in [4.69, 9.17) is 37.0 Å². The van der Waals surface area contributed by atoms with E-state index in [1.54, 1.807) is 0 Å². The Hall–Kier alpha value is -1.94. The summed E-state index contributed by atoms with van der Waals surface area (Å²) >= 11 is 0. The first kappa shape index (κ1) is 81.1. The van der Waals surface area contributed by atoms with Crippen molar-refractivity contribution >= 4 is 39.5 Å². The molecule has 83 heavy (non-hydrogen) atoms. The zero-order chi connectivity index (χ0) is 61.5. The van der Waals surface area contributed by atoms with E-state index < -0.39 is 97.5 Å². The Morgan fingerprint density at radius 2 is 0.614 bits per heavy atom. The summed E-state index contributed by atoms with van der Waals surface area (Å²) in [6, 6.07) is 0. The number of ether oxygens (including phenoxy) is 4. The third-order valence-corrected chi connectivity index (χ3v) is 17.0. The fraction of sp³-hybridized carbons (Fsp3) is 0.938. The highest BCUT2D eigenvalue weighted by Gasteiger charge is 2.30. The van der Waals surface area contributed by atoms with Crippen LogP contribution in [0.3, 0.4) is 0 Å². The number of unbranched alkanes of at least 4 members (excludes halogenated alkanes) is 32. The number of hydrogen-bond donors (Lipinski definition) is 3. The molecule has 0 fully saturated rings. The standard InChI is InChI=1S/C64H124O17P2/c1-7-10-12-14-16-18-20-21-23-29-36-42-48-63(68)80-59(52-75-62(67)47-41-35-28-25-24-26-32-38-44-56(4)5)54-78-82(70,71)76-50-58(65)51-77-83(72,73)79-55-60(81-64(69)49-43-37-31-30-33-39-45-57(6)9-3)53-74-61(66)46-40-34-27-22-19-17-15-13-11-8-2/h56-60,65H,7-55H2,1-6H3,(H,70,71)(H,72,73)/t57?,58-,59-,60-/m1/s1. The van der Waals surface area contributed by atoms with Gasteiger partial charge in [-0.25, -0.2) is 9.13 Å². The molecule has 0 rings (SSSR count). The molecule has 19 heteroatoms. The first-order valence-electron chi connectivity index (χ1n) is 33.5. The molecule has 3 N–H and O–H groups in total. The molecule has 0 bridgehead atoms. The third kappa shape index (κ3) is 57.6. The topological polar surface area (TPSA) is 237 Å². The van der Waals surface area contributed by atoms with E-state index in [2.05, 4.69) is 41.5 Å². The van der Waals surface area contributed by atoms with E-state index in [9.17, 15) is 43.2 Å². The van der Waals surface area contributed by atoms with Gasteiger partial charge in [0.15, 0.2) is 12.2 Å². The lowest BCUT2D eigenvalue weighted by Gasteiger charge is -2.21. The molecule has 6 atom stereocenters. The third-order valence-electron chi connectivity index (χ3n) is 15.1. The van der Waals surface area contributed by atoms with Gasteiger partial charge in [-0.3, -0.25) is 37.3 Å². The normalized spacial score (nSPS) is 14.6. The molecule has 492 valence electrons. The second-order valence-electron chi connectivity index (χ2n) is 23.9. The van der Waals surface area contributed by atoms with Crippen LogP contribution in [-0.2, 0) is 65.4 Å². The quantitative estimate of drug-likeness (QED) is 0.0222. The summed E-state index contributed by atoms with van der Waals surface area (Å²) in [5.41, 5.74) is 0. The maximum Gasteiger partial charge on any atom is 0.472 e. The lowest BCUT2D eigenvalue weighted by Crippen LogP contribution is -2.30. The molecule has 0 aliphatic carbocycles. The molecular formula is C64H124O17P2. The fourth-order valence-corrected chi connectivity index (χ4v) is 11.1. The number of phosphoric acid groups is 2. The van der Waals surface area contributed by atoms with Crippen molar-refractivity contribution in [3.63, 3.8) is 0 Å². The first-order valence-corrected chi connectivity index (χ1v) is 36.5. The molecule has 0 aliphatic heterocycles. The highest BCUT2D eigenvalue weighted by molar-refractivity contribution is 7.47. The number of esters is 4. The molecule has 0 radical (unpaired) electrons. The predicted molar refractivity (Wildman–Crippen MR) is 331 cm³/mol. The first-order chi connectivity index (χ1) is 39.9. The van der Waals surface area contributed by atoms with Gasteiger partial charge < -0.3 is 33.8 Å². The summed E-state index contributed by atoms with van der Waals surface area (Å²) in [5.74, 6) is -0.689. The molecule has 0 saturated heterocycles. The predicted octanol–water partition coefficient (Wildman–Crippen LogP) is 17.7. The minimum atomic E-state index is -4.94. The molecule has 3 unspecified atom stereocenters. The Labute approximate surface area is 505 Å². The molecule has 0 spiro atoms. The van der Waals surface area contributed by atoms with Gasteiger partial charge in [-0.1, -0.05) is 266 Å². The second kappa shape index (κ2) is 56.6. The van der Waals surface area contributed by atoms with Gasteiger partial charge in [0.1, 0.15) is 19.3 Å². The van der Waals surface area contributed by atoms with E-state index in [0.29, 0.717) is 25.7 Å². The van der Waals surface area contributed by atoms with Crippen molar-refractivity contribution in [3.05, 3.63) is 0 Å². The minimum Gasteiger partial charge on any atom is -0.462 e. The van der Waals surface area contributed by atoms with Gasteiger partial charge in [0, 0.05) is 25.7 Å². The maximum atomic E-state index is 13.0. The van der Waals surface area contributed by atoms with E-state index in [1.165, 1.54) is 135 Å². The number of rotatable bonds is 63. The maximum absolute atomic E-state index is 13.0. The van der Waals surface area contributed by atoms with Crippen molar-refractivity contribution in [1.29, 1.82) is 0 Å². The molecule has 0 saturated carbocycles.